The summed E-state index contributed by atoms with van der Waals surface area (Å²) >= 11 is 0. The van der Waals surface area contributed by atoms with Crippen molar-refractivity contribution in [2.75, 3.05) is 26.7 Å². The Bertz CT molecular complexity index is 714. The van der Waals surface area contributed by atoms with E-state index in [2.05, 4.69) is 10.3 Å². The lowest BCUT2D eigenvalue weighted by Gasteiger charge is -2.22. The third-order valence-corrected chi connectivity index (χ3v) is 3.44. The lowest BCUT2D eigenvalue weighted by atomic mass is 9.89. The molecule has 24 heavy (non-hydrogen) atoms. The Morgan fingerprint density at radius 2 is 1.96 bits per heavy atom. The lowest BCUT2D eigenvalue weighted by Crippen LogP contribution is -2.44. The Morgan fingerprint density at radius 1 is 1.33 bits per heavy atom. The van der Waals surface area contributed by atoms with Gasteiger partial charge < -0.3 is 15.3 Å². The zero-order valence-electron chi connectivity index (χ0n) is 14.4. The second kappa shape index (κ2) is 7.91. The highest BCUT2D eigenvalue weighted by atomic mass is 16.4. The van der Waals surface area contributed by atoms with Gasteiger partial charge in [0.05, 0.1) is 0 Å². The number of carboxylic acid groups (broad SMARTS) is 1. The molecule has 1 amide bonds. The van der Waals surface area contributed by atoms with Gasteiger partial charge in [-0.15, -0.1) is 0 Å². The number of aromatic amines is 1. The van der Waals surface area contributed by atoms with Crippen molar-refractivity contribution in [1.29, 1.82) is 0 Å². The molecule has 1 rings (SSSR count). The summed E-state index contributed by atoms with van der Waals surface area (Å²) in [6.07, 6.45) is 1.36. The average Bonchev–Trinajstić information content (AvgIpc) is 2.44. The number of carboxylic acids is 1. The molecule has 134 valence electrons. The molecule has 0 radical (unpaired) electrons. The predicted molar refractivity (Wildman–Crippen MR) is 88.2 cm³/mol. The van der Waals surface area contributed by atoms with Gasteiger partial charge in [0.15, 0.2) is 0 Å². The summed E-state index contributed by atoms with van der Waals surface area (Å²) in [6.45, 7) is 5.28. The number of aliphatic carboxylic acids is 1. The highest BCUT2D eigenvalue weighted by Crippen LogP contribution is 2.16. The lowest BCUT2D eigenvalue weighted by molar-refractivity contribution is -0.144. The van der Waals surface area contributed by atoms with Crippen LogP contribution < -0.4 is 16.6 Å². The molecule has 0 saturated carbocycles. The van der Waals surface area contributed by atoms with Crippen LogP contribution in [0.4, 0.5) is 0 Å². The molecule has 0 saturated heterocycles. The number of nitrogens with one attached hydrogen (secondary N) is 2. The summed E-state index contributed by atoms with van der Waals surface area (Å²) in [6, 6.07) is 0. The summed E-state index contributed by atoms with van der Waals surface area (Å²) in [5.41, 5.74) is -1.33. The summed E-state index contributed by atoms with van der Waals surface area (Å²) in [5, 5.41) is 11.7. The van der Waals surface area contributed by atoms with Gasteiger partial charge in [-0.1, -0.05) is 20.8 Å². The van der Waals surface area contributed by atoms with E-state index in [1.807, 2.05) is 20.8 Å². The Labute approximate surface area is 139 Å². The summed E-state index contributed by atoms with van der Waals surface area (Å²) in [7, 11) is 1.69. The van der Waals surface area contributed by atoms with Crippen molar-refractivity contribution in [3.8, 4) is 0 Å². The standard InChI is InChI=1S/C15H24N4O5/c1-15(2,3)10-7-19(14(24)17-13(10)23)8-11(20)18(6-5-16-4)9-12(21)22/h7,16H,5-6,8-9H2,1-4H3,(H,21,22)(H,17,23,24). The topological polar surface area (TPSA) is 124 Å². The first-order valence-corrected chi connectivity index (χ1v) is 7.54. The van der Waals surface area contributed by atoms with Crippen LogP contribution in [0, 0.1) is 0 Å². The first-order valence-electron chi connectivity index (χ1n) is 7.54. The van der Waals surface area contributed by atoms with Gasteiger partial charge in [0.25, 0.3) is 5.56 Å². The minimum Gasteiger partial charge on any atom is -0.480 e. The number of carbonyl (C=O) groups excluding carboxylic acids is 1. The van der Waals surface area contributed by atoms with Gasteiger partial charge in [-0.05, 0) is 12.5 Å². The van der Waals surface area contributed by atoms with Crippen molar-refractivity contribution in [1.82, 2.24) is 19.8 Å². The van der Waals surface area contributed by atoms with E-state index >= 15 is 0 Å². The fraction of sp³-hybridized carbons (Fsp3) is 0.600. The molecule has 1 aromatic rings. The zero-order chi connectivity index (χ0) is 18.5. The number of rotatable bonds is 7. The van der Waals surface area contributed by atoms with Crippen LogP contribution in [0.1, 0.15) is 26.3 Å². The molecule has 0 aromatic carbocycles. The first kappa shape index (κ1) is 19.6. The average molecular weight is 340 g/mol. The molecule has 0 aliphatic rings. The number of hydrogen-bond acceptors (Lipinski definition) is 5. The molecule has 0 fully saturated rings. The normalized spacial score (nSPS) is 11.3. The van der Waals surface area contributed by atoms with Gasteiger partial charge >= 0.3 is 11.7 Å². The van der Waals surface area contributed by atoms with Crippen LogP contribution in [0.15, 0.2) is 15.8 Å². The fourth-order valence-electron chi connectivity index (χ4n) is 2.11. The molecule has 9 heteroatoms. The first-order chi connectivity index (χ1) is 11.1. The minimum atomic E-state index is -1.14. The Morgan fingerprint density at radius 3 is 2.46 bits per heavy atom. The van der Waals surface area contributed by atoms with Crippen molar-refractivity contribution in [3.05, 3.63) is 32.6 Å². The molecular formula is C15H24N4O5. The van der Waals surface area contributed by atoms with E-state index in [-0.39, 0.29) is 13.1 Å². The molecule has 0 aliphatic carbocycles. The largest absolute Gasteiger partial charge is 0.480 e. The van der Waals surface area contributed by atoms with Crippen molar-refractivity contribution < 1.29 is 14.7 Å². The number of likely N-dealkylation sites (N-methyl/N-ethyl adjacent to an activating group) is 1. The molecule has 1 aromatic heterocycles. The molecule has 1 heterocycles. The maximum Gasteiger partial charge on any atom is 0.328 e. The van der Waals surface area contributed by atoms with Crippen molar-refractivity contribution >= 4 is 11.9 Å². The number of aromatic nitrogens is 2. The van der Waals surface area contributed by atoms with Crippen molar-refractivity contribution in [3.63, 3.8) is 0 Å². The second-order valence-electron chi connectivity index (χ2n) is 6.49. The van der Waals surface area contributed by atoms with Crippen LogP contribution >= 0.6 is 0 Å². The van der Waals surface area contributed by atoms with Crippen LogP contribution in [0.5, 0.6) is 0 Å². The van der Waals surface area contributed by atoms with Gasteiger partial charge in [-0.25, -0.2) is 4.79 Å². The third-order valence-electron chi connectivity index (χ3n) is 3.44. The molecule has 3 N–H and O–H groups in total. The second-order valence-corrected chi connectivity index (χ2v) is 6.49. The third kappa shape index (κ3) is 5.34. The minimum absolute atomic E-state index is 0.200. The van der Waals surface area contributed by atoms with E-state index < -0.39 is 35.1 Å². The molecule has 0 spiro atoms. The number of H-pyrrole nitrogens is 1. The number of nitrogens with zero attached hydrogens (tertiary/aromatic N) is 2. The number of amides is 1. The van der Waals surface area contributed by atoms with Gasteiger partial charge in [-0.2, -0.15) is 0 Å². The maximum absolute atomic E-state index is 12.3. The molecule has 9 nitrogen and oxygen atoms in total. The monoisotopic (exact) mass is 340 g/mol. The molecular weight excluding hydrogens is 316 g/mol. The number of hydrogen-bond donors (Lipinski definition) is 3. The van der Waals surface area contributed by atoms with Crippen molar-refractivity contribution in [2.45, 2.75) is 32.7 Å². The van der Waals surface area contributed by atoms with E-state index in [0.717, 1.165) is 9.47 Å². The summed E-state index contributed by atoms with van der Waals surface area (Å²) < 4.78 is 1.10. The van der Waals surface area contributed by atoms with Crippen LogP contribution in [0.3, 0.4) is 0 Å². The highest BCUT2D eigenvalue weighted by Gasteiger charge is 2.21. The van der Waals surface area contributed by atoms with E-state index in [1.54, 1.807) is 7.05 Å². The maximum atomic E-state index is 12.3. The summed E-state index contributed by atoms with van der Waals surface area (Å²) in [4.78, 5) is 50.4. The van der Waals surface area contributed by atoms with E-state index in [0.29, 0.717) is 12.1 Å². The van der Waals surface area contributed by atoms with Crippen LogP contribution in [0.25, 0.3) is 0 Å². The van der Waals surface area contributed by atoms with Crippen molar-refractivity contribution in [2.24, 2.45) is 0 Å². The van der Waals surface area contributed by atoms with Crippen LogP contribution in [-0.4, -0.2) is 58.1 Å². The fourth-order valence-corrected chi connectivity index (χ4v) is 2.11. The van der Waals surface area contributed by atoms with E-state index in [9.17, 15) is 19.2 Å². The SMILES string of the molecule is CNCCN(CC(=O)O)C(=O)Cn1cc(C(C)(C)C)c(=O)[nH]c1=O. The quantitative estimate of drug-likeness (QED) is 0.583. The van der Waals surface area contributed by atoms with Gasteiger partial charge in [0.1, 0.15) is 13.1 Å². The van der Waals surface area contributed by atoms with E-state index in [4.69, 9.17) is 5.11 Å². The molecule has 0 atom stereocenters. The highest BCUT2D eigenvalue weighted by molar-refractivity contribution is 5.81. The smallest absolute Gasteiger partial charge is 0.328 e. The predicted octanol–water partition coefficient (Wildman–Crippen LogP) is -1.03. The Balaban J connectivity index is 3.09. The molecule has 0 bridgehead atoms. The molecule has 0 unspecified atom stereocenters. The van der Waals surface area contributed by atoms with Gasteiger partial charge in [0.2, 0.25) is 5.91 Å². The van der Waals surface area contributed by atoms with Gasteiger partial charge in [0, 0.05) is 24.8 Å². The van der Waals surface area contributed by atoms with E-state index in [1.165, 1.54) is 6.20 Å². The van der Waals surface area contributed by atoms with Gasteiger partial charge in [-0.3, -0.25) is 23.9 Å². The Hall–Kier alpha value is -2.42. The zero-order valence-corrected chi connectivity index (χ0v) is 14.4. The number of carbonyl (C=O) groups is 2. The van der Waals surface area contributed by atoms with Crippen LogP contribution in [-0.2, 0) is 21.5 Å². The summed E-state index contributed by atoms with van der Waals surface area (Å²) in [5.74, 6) is -1.65. The van der Waals surface area contributed by atoms with Crippen LogP contribution in [0.2, 0.25) is 0 Å². The Kier molecular flexibility index (Phi) is 6.47. The molecule has 0 aliphatic heterocycles.